The summed E-state index contributed by atoms with van der Waals surface area (Å²) in [4.78, 5) is 17.6. The maximum atomic E-state index is 13.3. The van der Waals surface area contributed by atoms with E-state index in [9.17, 15) is 13.2 Å². The van der Waals surface area contributed by atoms with Crippen molar-refractivity contribution in [3.8, 4) is 0 Å². The minimum absolute atomic E-state index is 0.0552. The predicted molar refractivity (Wildman–Crippen MR) is 118 cm³/mol. The molecule has 6 nitrogen and oxygen atoms in total. The normalized spacial score (nSPS) is 18.5. The van der Waals surface area contributed by atoms with Crippen molar-refractivity contribution in [1.82, 2.24) is 9.80 Å². The molecule has 160 valence electrons. The molecule has 0 radical (unpaired) electrons. The summed E-state index contributed by atoms with van der Waals surface area (Å²) in [7, 11) is -2.33. The number of carbonyl (C=O) groups excluding carboxylic acids is 1. The highest BCUT2D eigenvalue weighted by Gasteiger charge is 2.32. The second kappa shape index (κ2) is 8.78. The van der Waals surface area contributed by atoms with Crippen LogP contribution in [-0.2, 0) is 10.0 Å². The maximum Gasteiger partial charge on any atom is 0.264 e. The van der Waals surface area contributed by atoms with Crippen molar-refractivity contribution in [3.63, 3.8) is 0 Å². The molecule has 0 aromatic heterocycles. The Labute approximate surface area is 179 Å². The van der Waals surface area contributed by atoms with E-state index >= 15 is 0 Å². The first kappa shape index (κ1) is 20.9. The molecular weight excluding hydrogens is 398 g/mol. The average molecular weight is 428 g/mol. The second-order valence-electron chi connectivity index (χ2n) is 8.07. The maximum absolute atomic E-state index is 13.3. The lowest BCUT2D eigenvalue weighted by Gasteiger charge is -2.38. The Balaban J connectivity index is 1.54. The van der Waals surface area contributed by atoms with Crippen LogP contribution in [0.25, 0.3) is 0 Å². The number of nitrogens with zero attached hydrogens (tertiary/aromatic N) is 3. The van der Waals surface area contributed by atoms with Crippen LogP contribution in [0.15, 0.2) is 59.5 Å². The van der Waals surface area contributed by atoms with E-state index < -0.39 is 10.0 Å². The van der Waals surface area contributed by atoms with Gasteiger partial charge in [-0.1, -0.05) is 43.2 Å². The highest BCUT2D eigenvalue weighted by molar-refractivity contribution is 7.92. The van der Waals surface area contributed by atoms with Crippen LogP contribution in [0.1, 0.15) is 36.0 Å². The zero-order chi connectivity index (χ0) is 21.1. The number of rotatable bonds is 5. The second-order valence-corrected chi connectivity index (χ2v) is 10.0. The lowest BCUT2D eigenvalue weighted by atomic mass is 10.1. The average Bonchev–Trinajstić information content (AvgIpc) is 3.34. The van der Waals surface area contributed by atoms with Crippen molar-refractivity contribution < 1.29 is 13.2 Å². The number of benzene rings is 2. The van der Waals surface area contributed by atoms with Gasteiger partial charge in [0.25, 0.3) is 15.9 Å². The van der Waals surface area contributed by atoms with Crippen LogP contribution in [0.4, 0.5) is 5.69 Å². The van der Waals surface area contributed by atoms with Gasteiger partial charge in [0.05, 0.1) is 11.3 Å². The topological polar surface area (TPSA) is 60.9 Å². The Morgan fingerprint density at radius 1 is 0.900 bits per heavy atom. The Kier molecular flexibility index (Phi) is 6.11. The molecule has 0 unspecified atom stereocenters. The Morgan fingerprint density at radius 3 is 2.17 bits per heavy atom. The summed E-state index contributed by atoms with van der Waals surface area (Å²) in [5.74, 6) is -0.207. The molecule has 2 aromatic rings. The fourth-order valence-electron chi connectivity index (χ4n) is 4.52. The first-order valence-corrected chi connectivity index (χ1v) is 12.1. The number of anilines is 1. The third kappa shape index (κ3) is 4.09. The van der Waals surface area contributed by atoms with Gasteiger partial charge in [0.2, 0.25) is 0 Å². The Morgan fingerprint density at radius 2 is 1.50 bits per heavy atom. The number of amides is 1. The van der Waals surface area contributed by atoms with Crippen molar-refractivity contribution in [2.45, 2.75) is 36.6 Å². The molecule has 2 fully saturated rings. The minimum Gasteiger partial charge on any atom is -0.336 e. The van der Waals surface area contributed by atoms with Gasteiger partial charge >= 0.3 is 0 Å². The van der Waals surface area contributed by atoms with E-state index in [1.807, 2.05) is 6.07 Å². The van der Waals surface area contributed by atoms with Crippen LogP contribution in [0, 0.1) is 0 Å². The summed E-state index contributed by atoms with van der Waals surface area (Å²) < 4.78 is 27.9. The number of piperazine rings is 1. The largest absolute Gasteiger partial charge is 0.336 e. The molecule has 1 saturated heterocycles. The van der Waals surface area contributed by atoms with Gasteiger partial charge in [-0.15, -0.1) is 0 Å². The molecule has 1 aliphatic carbocycles. The molecule has 0 atom stereocenters. The number of hydrogen-bond donors (Lipinski definition) is 0. The molecule has 0 N–H and O–H groups in total. The molecule has 1 amide bonds. The van der Waals surface area contributed by atoms with Gasteiger partial charge in [-0.25, -0.2) is 8.42 Å². The van der Waals surface area contributed by atoms with Gasteiger partial charge in [-0.2, -0.15) is 0 Å². The fourth-order valence-corrected chi connectivity index (χ4v) is 5.90. The van der Waals surface area contributed by atoms with Crippen molar-refractivity contribution in [1.29, 1.82) is 0 Å². The molecule has 2 aromatic carbocycles. The minimum atomic E-state index is -3.85. The standard InChI is InChI=1S/C23H29N3O3S/c1-24(19-9-3-2-4-10-19)30(28,29)22-14-8-7-13-21(22)23(27)26-17-15-25(16-18-26)20-11-5-6-12-20/h2-4,7-10,13-14,20H,5-6,11-12,15-18H2,1H3. The molecular formula is C23H29N3O3S. The fraction of sp³-hybridized carbons (Fsp3) is 0.435. The van der Waals surface area contributed by atoms with Gasteiger partial charge in [-0.3, -0.25) is 14.0 Å². The van der Waals surface area contributed by atoms with Crippen LogP contribution in [0.2, 0.25) is 0 Å². The van der Waals surface area contributed by atoms with E-state index in [1.54, 1.807) is 47.4 Å². The molecule has 7 heteroatoms. The van der Waals surface area contributed by atoms with Crippen molar-refractivity contribution in [3.05, 3.63) is 60.2 Å². The van der Waals surface area contributed by atoms with Gasteiger partial charge in [0.1, 0.15) is 4.90 Å². The summed E-state index contributed by atoms with van der Waals surface area (Å²) in [5.41, 5.74) is 0.805. The summed E-state index contributed by atoms with van der Waals surface area (Å²) in [6.45, 7) is 2.99. The van der Waals surface area contributed by atoms with Crippen molar-refractivity contribution >= 4 is 21.6 Å². The van der Waals surface area contributed by atoms with Crippen LogP contribution < -0.4 is 4.31 Å². The Bertz CT molecular complexity index is 980. The third-order valence-corrected chi connectivity index (χ3v) is 8.16. The SMILES string of the molecule is CN(c1ccccc1)S(=O)(=O)c1ccccc1C(=O)N1CCN(C2CCCC2)CC1. The van der Waals surface area contributed by atoms with Gasteiger partial charge in [0, 0.05) is 39.3 Å². The van der Waals surface area contributed by atoms with Crippen LogP contribution >= 0.6 is 0 Å². The monoisotopic (exact) mass is 427 g/mol. The first-order chi connectivity index (χ1) is 14.5. The van der Waals surface area contributed by atoms with Crippen molar-refractivity contribution in [2.75, 3.05) is 37.5 Å². The van der Waals surface area contributed by atoms with Gasteiger partial charge in [0.15, 0.2) is 0 Å². The quantitative estimate of drug-likeness (QED) is 0.735. The molecule has 1 aliphatic heterocycles. The van der Waals surface area contributed by atoms with Gasteiger partial charge < -0.3 is 4.90 Å². The molecule has 2 aliphatic rings. The molecule has 30 heavy (non-hydrogen) atoms. The first-order valence-electron chi connectivity index (χ1n) is 10.6. The zero-order valence-corrected chi connectivity index (χ0v) is 18.2. The third-order valence-electron chi connectivity index (χ3n) is 6.32. The van der Waals surface area contributed by atoms with Crippen LogP contribution in [0.5, 0.6) is 0 Å². The Hall–Kier alpha value is -2.38. The van der Waals surface area contributed by atoms with E-state index in [4.69, 9.17) is 0 Å². The van der Waals surface area contributed by atoms with E-state index in [0.29, 0.717) is 24.8 Å². The number of sulfonamides is 1. The van der Waals surface area contributed by atoms with E-state index in [-0.39, 0.29) is 16.4 Å². The highest BCUT2D eigenvalue weighted by Crippen LogP contribution is 2.27. The summed E-state index contributed by atoms with van der Waals surface area (Å²) >= 11 is 0. The number of hydrogen-bond acceptors (Lipinski definition) is 4. The lowest BCUT2D eigenvalue weighted by molar-refractivity contribution is 0.0570. The molecule has 1 saturated carbocycles. The van der Waals surface area contributed by atoms with E-state index in [1.165, 1.54) is 43.1 Å². The predicted octanol–water partition coefficient (Wildman–Crippen LogP) is 3.21. The number of para-hydroxylation sites is 1. The summed E-state index contributed by atoms with van der Waals surface area (Å²) in [6, 6.07) is 16.1. The smallest absolute Gasteiger partial charge is 0.264 e. The zero-order valence-electron chi connectivity index (χ0n) is 17.4. The van der Waals surface area contributed by atoms with Crippen LogP contribution in [-0.4, -0.2) is 63.4 Å². The highest BCUT2D eigenvalue weighted by atomic mass is 32.2. The van der Waals surface area contributed by atoms with E-state index in [0.717, 1.165) is 13.1 Å². The van der Waals surface area contributed by atoms with E-state index in [2.05, 4.69) is 4.90 Å². The summed E-state index contributed by atoms with van der Waals surface area (Å²) in [6.07, 6.45) is 5.09. The van der Waals surface area contributed by atoms with Crippen molar-refractivity contribution in [2.24, 2.45) is 0 Å². The molecule has 0 bridgehead atoms. The number of carbonyl (C=O) groups is 1. The molecule has 0 spiro atoms. The van der Waals surface area contributed by atoms with Crippen LogP contribution in [0.3, 0.4) is 0 Å². The lowest BCUT2D eigenvalue weighted by Crippen LogP contribution is -2.51. The molecule has 1 heterocycles. The van der Waals surface area contributed by atoms with Gasteiger partial charge in [-0.05, 0) is 37.1 Å². The molecule has 4 rings (SSSR count). The summed E-state index contributed by atoms with van der Waals surface area (Å²) in [5, 5.41) is 0.